The maximum absolute atomic E-state index is 8.97. The lowest BCUT2D eigenvalue weighted by molar-refractivity contribution is 0.528. The molecule has 0 N–H and O–H groups in total. The Hall–Kier alpha value is -1.93. The van der Waals surface area contributed by atoms with Crippen LogP contribution in [0.3, 0.4) is 0 Å². The van der Waals surface area contributed by atoms with Crippen molar-refractivity contribution in [1.29, 1.82) is 5.26 Å². The zero-order chi connectivity index (χ0) is 14.1. The van der Waals surface area contributed by atoms with Crippen LogP contribution < -0.4 is 0 Å². The van der Waals surface area contributed by atoms with E-state index >= 15 is 0 Å². The monoisotopic (exact) mass is 328 g/mol. The number of halogens is 1. The van der Waals surface area contributed by atoms with Gasteiger partial charge in [-0.05, 0) is 30.5 Å². The van der Waals surface area contributed by atoms with Crippen LogP contribution in [0.25, 0.3) is 5.57 Å². The van der Waals surface area contributed by atoms with E-state index in [0.29, 0.717) is 0 Å². The number of nitrogens with zero attached hydrogens (tertiary/aromatic N) is 4. The molecule has 2 aromatic rings. The lowest BCUT2D eigenvalue weighted by atomic mass is 9.77. The number of rotatable bonds is 2. The van der Waals surface area contributed by atoms with Crippen molar-refractivity contribution in [2.45, 2.75) is 12.8 Å². The van der Waals surface area contributed by atoms with Crippen molar-refractivity contribution in [2.75, 3.05) is 0 Å². The van der Waals surface area contributed by atoms with Crippen LogP contribution in [0.4, 0.5) is 0 Å². The zero-order valence-electron chi connectivity index (χ0n) is 11.0. The molecule has 0 aliphatic heterocycles. The summed E-state index contributed by atoms with van der Waals surface area (Å²) in [7, 11) is 1.94. The van der Waals surface area contributed by atoms with Crippen molar-refractivity contribution in [3.8, 4) is 6.07 Å². The Morgan fingerprint density at radius 2 is 2.25 bits per heavy atom. The fourth-order valence-corrected chi connectivity index (χ4v) is 2.87. The molecule has 20 heavy (non-hydrogen) atoms. The van der Waals surface area contributed by atoms with Crippen LogP contribution >= 0.6 is 15.9 Å². The highest BCUT2D eigenvalue weighted by molar-refractivity contribution is 9.10. The van der Waals surface area contributed by atoms with Crippen LogP contribution in [0.1, 0.15) is 24.2 Å². The molecule has 1 aromatic heterocycles. The molecule has 1 heterocycles. The second kappa shape index (κ2) is 5.22. The third-order valence-corrected chi connectivity index (χ3v) is 4.06. The topological polar surface area (TPSA) is 54.5 Å². The fraction of sp³-hybridized carbons (Fsp3) is 0.267. The van der Waals surface area contributed by atoms with E-state index in [1.807, 2.05) is 23.7 Å². The normalized spacial score (nSPS) is 17.4. The van der Waals surface area contributed by atoms with Crippen LogP contribution in [0.5, 0.6) is 0 Å². The number of benzene rings is 1. The van der Waals surface area contributed by atoms with Gasteiger partial charge in [0.2, 0.25) is 0 Å². The third-order valence-electron chi connectivity index (χ3n) is 3.57. The van der Waals surface area contributed by atoms with Gasteiger partial charge in [0.05, 0.1) is 12.0 Å². The van der Waals surface area contributed by atoms with E-state index in [1.165, 1.54) is 5.57 Å². The van der Waals surface area contributed by atoms with E-state index < -0.39 is 0 Å². The minimum Gasteiger partial charge on any atom is -0.317 e. The summed E-state index contributed by atoms with van der Waals surface area (Å²) < 4.78 is 2.95. The van der Waals surface area contributed by atoms with E-state index in [1.54, 1.807) is 6.33 Å². The van der Waals surface area contributed by atoms with Crippen LogP contribution in [-0.2, 0) is 7.05 Å². The van der Waals surface area contributed by atoms with E-state index in [0.717, 1.165) is 34.3 Å². The average Bonchev–Trinajstić information content (AvgIpc) is 2.79. The molecule has 4 nitrogen and oxygen atoms in total. The van der Waals surface area contributed by atoms with Crippen molar-refractivity contribution in [1.82, 2.24) is 14.8 Å². The Kier molecular flexibility index (Phi) is 3.41. The van der Waals surface area contributed by atoms with Crippen molar-refractivity contribution in [3.05, 3.63) is 52.0 Å². The van der Waals surface area contributed by atoms with Crippen LogP contribution in [0.15, 0.2) is 40.6 Å². The first-order chi connectivity index (χ1) is 9.69. The number of hydrogen-bond acceptors (Lipinski definition) is 3. The molecule has 0 spiro atoms. The maximum Gasteiger partial charge on any atom is 0.164 e. The van der Waals surface area contributed by atoms with Gasteiger partial charge in [-0.1, -0.05) is 33.6 Å². The number of nitriles is 1. The van der Waals surface area contributed by atoms with E-state index in [4.69, 9.17) is 5.26 Å². The van der Waals surface area contributed by atoms with Gasteiger partial charge in [-0.3, -0.25) is 0 Å². The minimum absolute atomic E-state index is 0.139. The van der Waals surface area contributed by atoms with Crippen molar-refractivity contribution >= 4 is 21.5 Å². The minimum atomic E-state index is 0.139. The van der Waals surface area contributed by atoms with Crippen LogP contribution in [0, 0.1) is 17.2 Å². The summed E-state index contributed by atoms with van der Waals surface area (Å²) in [5.41, 5.74) is 3.51. The molecule has 0 atom stereocenters. The predicted molar refractivity (Wildman–Crippen MR) is 79.5 cm³/mol. The molecule has 0 amide bonds. The molecule has 0 bridgehead atoms. The highest BCUT2D eigenvalue weighted by atomic mass is 79.9. The van der Waals surface area contributed by atoms with Crippen LogP contribution in [-0.4, -0.2) is 14.8 Å². The molecule has 1 aromatic carbocycles. The van der Waals surface area contributed by atoms with Gasteiger partial charge in [-0.25, -0.2) is 0 Å². The summed E-state index contributed by atoms with van der Waals surface area (Å²) in [5, 5.41) is 17.2. The average molecular weight is 329 g/mol. The smallest absolute Gasteiger partial charge is 0.164 e. The van der Waals surface area contributed by atoms with E-state index in [2.05, 4.69) is 44.3 Å². The predicted octanol–water partition coefficient (Wildman–Crippen LogP) is 3.31. The van der Waals surface area contributed by atoms with Gasteiger partial charge in [-0.15, -0.1) is 10.2 Å². The number of aromatic nitrogens is 3. The van der Waals surface area contributed by atoms with E-state index in [9.17, 15) is 0 Å². The molecule has 0 unspecified atom stereocenters. The molecule has 0 saturated heterocycles. The Morgan fingerprint density at radius 3 is 2.85 bits per heavy atom. The maximum atomic E-state index is 8.97. The Balaban J connectivity index is 2.11. The summed E-state index contributed by atoms with van der Waals surface area (Å²) in [6, 6.07) is 10.5. The summed E-state index contributed by atoms with van der Waals surface area (Å²) in [6.45, 7) is 0. The van der Waals surface area contributed by atoms with Gasteiger partial charge in [-0.2, -0.15) is 5.26 Å². The first-order valence-corrected chi connectivity index (χ1v) is 7.20. The van der Waals surface area contributed by atoms with Crippen molar-refractivity contribution in [3.63, 3.8) is 0 Å². The molecule has 1 aliphatic carbocycles. The van der Waals surface area contributed by atoms with Crippen molar-refractivity contribution < 1.29 is 0 Å². The second-order valence-corrected chi connectivity index (χ2v) is 5.90. The van der Waals surface area contributed by atoms with Gasteiger partial charge in [0.15, 0.2) is 5.82 Å². The first kappa shape index (κ1) is 13.1. The largest absolute Gasteiger partial charge is 0.317 e. The third kappa shape index (κ3) is 2.27. The van der Waals surface area contributed by atoms with Gasteiger partial charge in [0.25, 0.3) is 0 Å². The zero-order valence-corrected chi connectivity index (χ0v) is 12.6. The SMILES string of the molecule is Cn1cnnc1C(=C1CC(C#N)C1)c1cccc(Br)c1. The fourth-order valence-electron chi connectivity index (χ4n) is 2.48. The molecule has 1 fully saturated rings. The molecule has 1 aliphatic rings. The second-order valence-electron chi connectivity index (χ2n) is 4.99. The quantitative estimate of drug-likeness (QED) is 0.849. The molecule has 3 rings (SSSR count). The molecular formula is C15H13BrN4. The molecule has 100 valence electrons. The number of hydrogen-bond donors (Lipinski definition) is 0. The van der Waals surface area contributed by atoms with Gasteiger partial charge in [0, 0.05) is 17.1 Å². The lowest BCUT2D eigenvalue weighted by Crippen LogP contribution is -2.16. The highest BCUT2D eigenvalue weighted by Crippen LogP contribution is 2.40. The van der Waals surface area contributed by atoms with Gasteiger partial charge < -0.3 is 4.57 Å². The summed E-state index contributed by atoms with van der Waals surface area (Å²) in [6.07, 6.45) is 3.35. The Bertz CT molecular complexity index is 715. The molecular weight excluding hydrogens is 316 g/mol. The van der Waals surface area contributed by atoms with Gasteiger partial charge >= 0.3 is 0 Å². The van der Waals surface area contributed by atoms with E-state index in [-0.39, 0.29) is 5.92 Å². The first-order valence-electron chi connectivity index (χ1n) is 6.41. The van der Waals surface area contributed by atoms with Crippen molar-refractivity contribution in [2.24, 2.45) is 13.0 Å². The van der Waals surface area contributed by atoms with Crippen LogP contribution in [0.2, 0.25) is 0 Å². The Labute approximate surface area is 125 Å². The standard InChI is InChI=1S/C15H13BrN4/c1-20-9-18-19-15(20)14(12-5-10(6-12)8-17)11-3-2-4-13(16)7-11/h2-4,7,9-10H,5-6H2,1H3. The summed E-state index contributed by atoms with van der Waals surface area (Å²) in [5.74, 6) is 0.995. The molecule has 1 saturated carbocycles. The molecule has 5 heteroatoms. The number of allylic oxidation sites excluding steroid dienone is 1. The lowest BCUT2D eigenvalue weighted by Gasteiger charge is -2.26. The van der Waals surface area contributed by atoms with Gasteiger partial charge in [0.1, 0.15) is 6.33 Å². The number of aryl methyl sites for hydroxylation is 1. The Morgan fingerprint density at radius 1 is 1.45 bits per heavy atom. The summed E-state index contributed by atoms with van der Waals surface area (Å²) >= 11 is 3.51. The molecule has 0 radical (unpaired) electrons. The summed E-state index contributed by atoms with van der Waals surface area (Å²) in [4.78, 5) is 0. The highest BCUT2D eigenvalue weighted by Gasteiger charge is 2.28.